The maximum Gasteiger partial charge on any atom is 0.0312 e. The van der Waals surface area contributed by atoms with Crippen molar-refractivity contribution in [1.29, 1.82) is 0 Å². The van der Waals surface area contributed by atoms with Crippen molar-refractivity contribution < 1.29 is 0 Å². The van der Waals surface area contributed by atoms with Gasteiger partial charge >= 0.3 is 0 Å². The van der Waals surface area contributed by atoms with Crippen LogP contribution in [-0.4, -0.2) is 11.0 Å². The predicted octanol–water partition coefficient (Wildman–Crippen LogP) is 3.14. The van der Waals surface area contributed by atoms with E-state index in [1.54, 1.807) is 0 Å². The lowest BCUT2D eigenvalue weighted by molar-refractivity contribution is 0.278. The van der Waals surface area contributed by atoms with Gasteiger partial charge in [-0.25, -0.2) is 0 Å². The van der Waals surface area contributed by atoms with Gasteiger partial charge in [0.15, 0.2) is 0 Å². The van der Waals surface area contributed by atoms with Crippen LogP contribution in [0.3, 0.4) is 0 Å². The molecule has 1 saturated carbocycles. The number of aromatic nitrogens is 1. The largest absolute Gasteiger partial charge is 0.310 e. The molecule has 1 aliphatic carbocycles. The first-order valence-corrected chi connectivity index (χ1v) is 6.50. The minimum Gasteiger partial charge on any atom is -0.310 e. The minimum atomic E-state index is 0.721. The molecule has 0 bridgehead atoms. The van der Waals surface area contributed by atoms with Gasteiger partial charge in [0.25, 0.3) is 0 Å². The number of hydrogen-bond donors (Lipinski definition) is 1. The molecule has 2 atom stereocenters. The third-order valence-electron chi connectivity index (χ3n) is 3.68. The first-order chi connectivity index (χ1) is 7.88. The van der Waals surface area contributed by atoms with E-state index in [2.05, 4.69) is 23.3 Å². The van der Waals surface area contributed by atoms with Crippen molar-refractivity contribution in [2.75, 3.05) is 0 Å². The highest BCUT2D eigenvalue weighted by molar-refractivity contribution is 5.08. The molecule has 1 aliphatic rings. The molecule has 1 N–H and O–H groups in total. The van der Waals surface area contributed by atoms with E-state index in [4.69, 9.17) is 0 Å². The van der Waals surface area contributed by atoms with Gasteiger partial charge < -0.3 is 5.32 Å². The molecule has 0 radical (unpaired) electrons. The fraction of sp³-hybridized carbons (Fsp3) is 0.643. The molecule has 2 unspecified atom stereocenters. The van der Waals surface area contributed by atoms with Crippen LogP contribution >= 0.6 is 0 Å². The van der Waals surface area contributed by atoms with Gasteiger partial charge in [-0.1, -0.05) is 32.3 Å². The van der Waals surface area contributed by atoms with Gasteiger partial charge in [-0.05, 0) is 30.4 Å². The van der Waals surface area contributed by atoms with E-state index in [9.17, 15) is 0 Å². The lowest BCUT2D eigenvalue weighted by Gasteiger charge is -2.29. The summed E-state index contributed by atoms with van der Waals surface area (Å²) < 4.78 is 0. The van der Waals surface area contributed by atoms with E-state index >= 15 is 0 Å². The quantitative estimate of drug-likeness (QED) is 0.839. The zero-order valence-corrected chi connectivity index (χ0v) is 10.2. The molecular weight excluding hydrogens is 196 g/mol. The van der Waals surface area contributed by atoms with Crippen LogP contribution in [0.2, 0.25) is 0 Å². The summed E-state index contributed by atoms with van der Waals surface area (Å²) in [7, 11) is 0. The van der Waals surface area contributed by atoms with Crippen LogP contribution < -0.4 is 5.32 Å². The van der Waals surface area contributed by atoms with E-state index in [0.29, 0.717) is 0 Å². The Morgan fingerprint density at radius 1 is 1.44 bits per heavy atom. The lowest BCUT2D eigenvalue weighted by atomic mass is 9.84. The zero-order valence-electron chi connectivity index (χ0n) is 10.2. The summed E-state index contributed by atoms with van der Waals surface area (Å²) in [6.45, 7) is 3.28. The molecule has 2 heteroatoms. The van der Waals surface area contributed by atoms with Crippen molar-refractivity contribution in [2.45, 2.75) is 51.6 Å². The van der Waals surface area contributed by atoms with Gasteiger partial charge in [-0.15, -0.1) is 0 Å². The van der Waals surface area contributed by atoms with Gasteiger partial charge in [0.2, 0.25) is 0 Å². The van der Waals surface area contributed by atoms with Crippen molar-refractivity contribution in [3.8, 4) is 0 Å². The Balaban J connectivity index is 1.77. The molecule has 1 aromatic heterocycles. The molecule has 0 amide bonds. The third kappa shape index (κ3) is 3.31. The molecule has 0 saturated heterocycles. The topological polar surface area (TPSA) is 24.9 Å². The zero-order chi connectivity index (χ0) is 11.2. The highest BCUT2D eigenvalue weighted by atomic mass is 14.9. The molecule has 0 aliphatic heterocycles. The summed E-state index contributed by atoms with van der Waals surface area (Å²) >= 11 is 0. The van der Waals surface area contributed by atoms with Crippen LogP contribution in [0, 0.1) is 5.92 Å². The predicted molar refractivity (Wildman–Crippen MR) is 67.1 cm³/mol. The lowest BCUT2D eigenvalue weighted by Crippen LogP contribution is -2.33. The second-order valence-corrected chi connectivity index (χ2v) is 4.88. The molecule has 88 valence electrons. The second-order valence-electron chi connectivity index (χ2n) is 4.88. The Kier molecular flexibility index (Phi) is 4.34. The van der Waals surface area contributed by atoms with Crippen LogP contribution in [0.25, 0.3) is 0 Å². The minimum absolute atomic E-state index is 0.721. The van der Waals surface area contributed by atoms with Crippen molar-refractivity contribution in [3.63, 3.8) is 0 Å². The maximum atomic E-state index is 4.14. The Bertz CT molecular complexity index is 297. The molecule has 0 aromatic carbocycles. The molecule has 2 rings (SSSR count). The number of nitrogens with one attached hydrogen (secondary N) is 1. The molecule has 16 heavy (non-hydrogen) atoms. The second kappa shape index (κ2) is 6.00. The van der Waals surface area contributed by atoms with Gasteiger partial charge in [0.1, 0.15) is 0 Å². The first kappa shape index (κ1) is 11.6. The molecule has 1 fully saturated rings. The van der Waals surface area contributed by atoms with Crippen molar-refractivity contribution in [2.24, 2.45) is 5.92 Å². The number of hydrogen-bond acceptors (Lipinski definition) is 2. The smallest absolute Gasteiger partial charge is 0.0312 e. The molecule has 1 aromatic rings. The van der Waals surface area contributed by atoms with Gasteiger partial charge in [0.05, 0.1) is 0 Å². The van der Waals surface area contributed by atoms with Crippen molar-refractivity contribution >= 4 is 0 Å². The standard InChI is InChI=1S/C14H22N2/c1-2-12-5-3-7-14(9-12)16-11-13-6-4-8-15-10-13/h4,6,8,10,12,14,16H,2-3,5,7,9,11H2,1H3. The molecule has 2 nitrogen and oxygen atoms in total. The number of pyridine rings is 1. The van der Waals surface area contributed by atoms with E-state index in [-0.39, 0.29) is 0 Å². The monoisotopic (exact) mass is 218 g/mol. The average molecular weight is 218 g/mol. The molecule has 1 heterocycles. The van der Waals surface area contributed by atoms with Crippen LogP contribution in [0.1, 0.15) is 44.6 Å². The Morgan fingerprint density at radius 3 is 3.12 bits per heavy atom. The van der Waals surface area contributed by atoms with Crippen LogP contribution in [0.15, 0.2) is 24.5 Å². The summed E-state index contributed by atoms with van der Waals surface area (Å²) in [6, 6.07) is 4.87. The summed E-state index contributed by atoms with van der Waals surface area (Å²) in [5, 5.41) is 3.66. The van der Waals surface area contributed by atoms with Gasteiger partial charge in [0, 0.05) is 25.0 Å². The van der Waals surface area contributed by atoms with E-state index in [0.717, 1.165) is 18.5 Å². The summed E-state index contributed by atoms with van der Waals surface area (Å²) in [5.41, 5.74) is 1.29. The maximum absolute atomic E-state index is 4.14. The van der Waals surface area contributed by atoms with Gasteiger partial charge in [-0.2, -0.15) is 0 Å². The SMILES string of the molecule is CCC1CCCC(NCc2cccnc2)C1. The highest BCUT2D eigenvalue weighted by Crippen LogP contribution is 2.26. The van der Waals surface area contributed by atoms with Crippen molar-refractivity contribution in [1.82, 2.24) is 10.3 Å². The van der Waals surface area contributed by atoms with E-state index in [1.165, 1.54) is 37.7 Å². The average Bonchev–Trinajstić information content (AvgIpc) is 2.38. The molecular formula is C14H22N2. The third-order valence-corrected chi connectivity index (χ3v) is 3.68. The Morgan fingerprint density at radius 2 is 2.38 bits per heavy atom. The summed E-state index contributed by atoms with van der Waals surface area (Å²) in [6.07, 6.45) is 10.6. The van der Waals surface area contributed by atoms with Gasteiger partial charge in [-0.3, -0.25) is 4.98 Å². The highest BCUT2D eigenvalue weighted by Gasteiger charge is 2.19. The Hall–Kier alpha value is -0.890. The normalized spacial score (nSPS) is 25.6. The fourth-order valence-electron chi connectivity index (χ4n) is 2.61. The number of rotatable bonds is 4. The summed E-state index contributed by atoms with van der Waals surface area (Å²) in [4.78, 5) is 4.14. The van der Waals surface area contributed by atoms with Crippen molar-refractivity contribution in [3.05, 3.63) is 30.1 Å². The van der Waals surface area contributed by atoms with Crippen LogP contribution in [0.4, 0.5) is 0 Å². The van der Waals surface area contributed by atoms with E-state index in [1.807, 2.05) is 18.5 Å². The Labute approximate surface area is 98.5 Å². The first-order valence-electron chi connectivity index (χ1n) is 6.50. The molecule has 0 spiro atoms. The van der Waals surface area contributed by atoms with E-state index < -0.39 is 0 Å². The fourth-order valence-corrected chi connectivity index (χ4v) is 2.61. The number of nitrogens with zero attached hydrogens (tertiary/aromatic N) is 1. The van der Waals surface area contributed by atoms with Crippen LogP contribution in [0.5, 0.6) is 0 Å². The van der Waals surface area contributed by atoms with Crippen LogP contribution in [-0.2, 0) is 6.54 Å². The summed E-state index contributed by atoms with van der Waals surface area (Å²) in [5.74, 6) is 0.945.